The summed E-state index contributed by atoms with van der Waals surface area (Å²) in [6.45, 7) is 1.91. The van der Waals surface area contributed by atoms with Crippen LogP contribution in [0.15, 0.2) is 0 Å². The van der Waals surface area contributed by atoms with Crippen LogP contribution in [0.2, 0.25) is 0 Å². The Labute approximate surface area is 103 Å². The number of hydrogen-bond donors (Lipinski definition) is 2. The Bertz CT molecular complexity index is 293. The minimum Gasteiger partial charge on any atom is -0.368 e. The Morgan fingerprint density at radius 1 is 1.41 bits per heavy atom. The molecule has 1 rings (SSSR count). The van der Waals surface area contributed by atoms with Gasteiger partial charge in [0.2, 0.25) is 11.8 Å². The molecule has 0 heterocycles. The Balaban J connectivity index is 2.53. The van der Waals surface area contributed by atoms with Gasteiger partial charge < -0.3 is 16.4 Å². The van der Waals surface area contributed by atoms with E-state index in [0.29, 0.717) is 5.92 Å². The second-order valence-corrected chi connectivity index (χ2v) is 5.14. The maximum Gasteiger partial charge on any atom is 0.237 e. The van der Waals surface area contributed by atoms with E-state index in [-0.39, 0.29) is 24.4 Å². The lowest BCUT2D eigenvalue weighted by molar-refractivity contribution is -0.138. The fourth-order valence-corrected chi connectivity index (χ4v) is 2.58. The van der Waals surface area contributed by atoms with Crippen LogP contribution in [-0.2, 0) is 9.59 Å². The highest BCUT2D eigenvalue weighted by Gasteiger charge is 2.30. The molecular formula is C12H23N3O2. The average molecular weight is 241 g/mol. The summed E-state index contributed by atoms with van der Waals surface area (Å²) < 4.78 is 0. The van der Waals surface area contributed by atoms with Crippen molar-refractivity contribution in [1.29, 1.82) is 0 Å². The molecule has 0 aromatic heterocycles. The van der Waals surface area contributed by atoms with E-state index < -0.39 is 5.91 Å². The molecule has 4 N–H and O–H groups in total. The Kier molecular flexibility index (Phi) is 4.93. The average Bonchev–Trinajstić information content (AvgIpc) is 2.26. The molecule has 5 nitrogen and oxygen atoms in total. The van der Waals surface area contributed by atoms with Crippen molar-refractivity contribution in [3.8, 4) is 0 Å². The highest BCUT2D eigenvalue weighted by molar-refractivity contribution is 5.84. The van der Waals surface area contributed by atoms with Crippen molar-refractivity contribution < 1.29 is 9.59 Å². The highest BCUT2D eigenvalue weighted by atomic mass is 16.2. The van der Waals surface area contributed by atoms with Gasteiger partial charge in [0.15, 0.2) is 0 Å². The number of hydrogen-bond acceptors (Lipinski definition) is 3. The van der Waals surface area contributed by atoms with Crippen LogP contribution in [0.4, 0.5) is 0 Å². The van der Waals surface area contributed by atoms with Crippen molar-refractivity contribution in [2.24, 2.45) is 23.3 Å². The molecule has 3 unspecified atom stereocenters. The van der Waals surface area contributed by atoms with Gasteiger partial charge in [0.1, 0.15) is 0 Å². The molecule has 0 spiro atoms. The minimum atomic E-state index is -0.478. The molecule has 1 fully saturated rings. The van der Waals surface area contributed by atoms with E-state index in [9.17, 15) is 9.59 Å². The summed E-state index contributed by atoms with van der Waals surface area (Å²) in [5.41, 5.74) is 11.0. The fraction of sp³-hybridized carbons (Fsp3) is 0.833. The van der Waals surface area contributed by atoms with Crippen LogP contribution >= 0.6 is 0 Å². The van der Waals surface area contributed by atoms with Gasteiger partial charge in [0, 0.05) is 19.0 Å². The second-order valence-electron chi connectivity index (χ2n) is 5.14. The highest BCUT2D eigenvalue weighted by Crippen LogP contribution is 2.30. The van der Waals surface area contributed by atoms with Crippen molar-refractivity contribution in [3.63, 3.8) is 0 Å². The van der Waals surface area contributed by atoms with Gasteiger partial charge in [-0.05, 0) is 25.2 Å². The first-order valence-corrected chi connectivity index (χ1v) is 6.20. The lowest BCUT2D eigenvalue weighted by atomic mass is 9.78. The summed E-state index contributed by atoms with van der Waals surface area (Å²) in [7, 11) is 1.62. The monoisotopic (exact) mass is 241 g/mol. The number of carbonyl (C=O) groups is 2. The fourth-order valence-electron chi connectivity index (χ4n) is 2.58. The topological polar surface area (TPSA) is 89.4 Å². The number of nitrogens with zero attached hydrogens (tertiary/aromatic N) is 1. The predicted octanol–water partition coefficient (Wildman–Crippen LogP) is 0.0837. The zero-order chi connectivity index (χ0) is 13.0. The molecule has 0 radical (unpaired) electrons. The molecule has 3 atom stereocenters. The lowest BCUT2D eigenvalue weighted by Gasteiger charge is -2.32. The molecule has 0 bridgehead atoms. The van der Waals surface area contributed by atoms with E-state index in [1.807, 2.05) is 6.92 Å². The van der Waals surface area contributed by atoms with E-state index >= 15 is 0 Å². The van der Waals surface area contributed by atoms with Crippen LogP contribution in [-0.4, -0.2) is 36.3 Å². The van der Waals surface area contributed by atoms with E-state index in [1.165, 1.54) is 4.90 Å². The molecule has 1 saturated carbocycles. The van der Waals surface area contributed by atoms with Gasteiger partial charge in [-0.25, -0.2) is 0 Å². The van der Waals surface area contributed by atoms with Gasteiger partial charge in [-0.1, -0.05) is 13.3 Å². The molecule has 17 heavy (non-hydrogen) atoms. The first-order chi connectivity index (χ1) is 7.91. The Morgan fingerprint density at radius 2 is 2.06 bits per heavy atom. The Morgan fingerprint density at radius 3 is 2.59 bits per heavy atom. The maximum absolute atomic E-state index is 12.1. The molecular weight excluding hydrogens is 218 g/mol. The third-order valence-corrected chi connectivity index (χ3v) is 3.62. The summed E-state index contributed by atoms with van der Waals surface area (Å²) in [6, 6.07) is 0.213. The molecule has 0 aromatic rings. The maximum atomic E-state index is 12.1. The van der Waals surface area contributed by atoms with E-state index in [1.54, 1.807) is 7.05 Å². The zero-order valence-corrected chi connectivity index (χ0v) is 10.7. The molecule has 98 valence electrons. The number of likely N-dealkylation sites (N-methyl/N-ethyl adjacent to an activating group) is 1. The summed E-state index contributed by atoms with van der Waals surface area (Å²) in [6.07, 6.45) is 4.08. The summed E-state index contributed by atoms with van der Waals surface area (Å²) >= 11 is 0. The SMILES string of the molecule is CC(C(=O)N(C)CC(N)=O)C1CCCC(N)C1. The molecule has 1 aliphatic carbocycles. The lowest BCUT2D eigenvalue weighted by Crippen LogP contribution is -2.42. The van der Waals surface area contributed by atoms with Crippen molar-refractivity contribution in [3.05, 3.63) is 0 Å². The third-order valence-electron chi connectivity index (χ3n) is 3.62. The molecule has 0 aliphatic heterocycles. The van der Waals surface area contributed by atoms with Gasteiger partial charge in [-0.3, -0.25) is 9.59 Å². The van der Waals surface area contributed by atoms with Crippen LogP contribution < -0.4 is 11.5 Å². The van der Waals surface area contributed by atoms with Gasteiger partial charge in [0.05, 0.1) is 6.54 Å². The first-order valence-electron chi connectivity index (χ1n) is 6.20. The third kappa shape index (κ3) is 4.00. The summed E-state index contributed by atoms with van der Waals surface area (Å²) in [4.78, 5) is 24.2. The van der Waals surface area contributed by atoms with E-state index in [2.05, 4.69) is 0 Å². The molecule has 1 aliphatic rings. The largest absolute Gasteiger partial charge is 0.368 e. The second kappa shape index (κ2) is 6.00. The molecule has 2 amide bonds. The number of primary amides is 1. The van der Waals surface area contributed by atoms with Gasteiger partial charge in [-0.15, -0.1) is 0 Å². The minimum absolute atomic E-state index is 0.0112. The van der Waals surface area contributed by atoms with Crippen LogP contribution in [0.5, 0.6) is 0 Å². The van der Waals surface area contributed by atoms with Crippen molar-refractivity contribution in [1.82, 2.24) is 4.90 Å². The molecule has 0 saturated heterocycles. The van der Waals surface area contributed by atoms with Crippen LogP contribution in [0.1, 0.15) is 32.6 Å². The van der Waals surface area contributed by atoms with Crippen LogP contribution in [0.25, 0.3) is 0 Å². The van der Waals surface area contributed by atoms with Crippen LogP contribution in [0, 0.1) is 11.8 Å². The zero-order valence-electron chi connectivity index (χ0n) is 10.7. The van der Waals surface area contributed by atoms with Crippen molar-refractivity contribution >= 4 is 11.8 Å². The van der Waals surface area contributed by atoms with Gasteiger partial charge >= 0.3 is 0 Å². The van der Waals surface area contributed by atoms with E-state index in [0.717, 1.165) is 25.7 Å². The summed E-state index contributed by atoms with van der Waals surface area (Å²) in [5, 5.41) is 0. The number of amides is 2. The normalized spacial score (nSPS) is 26.3. The van der Waals surface area contributed by atoms with E-state index in [4.69, 9.17) is 11.5 Å². The Hall–Kier alpha value is -1.10. The van der Waals surface area contributed by atoms with Crippen molar-refractivity contribution in [2.45, 2.75) is 38.6 Å². The first kappa shape index (κ1) is 14.0. The molecule has 5 heteroatoms. The molecule has 0 aromatic carbocycles. The number of nitrogens with two attached hydrogens (primary N) is 2. The smallest absolute Gasteiger partial charge is 0.237 e. The van der Waals surface area contributed by atoms with Gasteiger partial charge in [0.25, 0.3) is 0 Å². The van der Waals surface area contributed by atoms with Gasteiger partial charge in [-0.2, -0.15) is 0 Å². The number of rotatable bonds is 4. The quantitative estimate of drug-likeness (QED) is 0.730. The standard InChI is InChI=1S/C12H23N3O2/c1-8(9-4-3-5-10(13)6-9)12(17)15(2)7-11(14)16/h8-10H,3-7,13H2,1-2H3,(H2,14,16). The van der Waals surface area contributed by atoms with Crippen molar-refractivity contribution in [2.75, 3.05) is 13.6 Å². The number of carbonyl (C=O) groups excluding carboxylic acids is 2. The summed E-state index contributed by atoms with van der Waals surface area (Å²) in [5.74, 6) is -0.233. The van der Waals surface area contributed by atoms with Crippen LogP contribution in [0.3, 0.4) is 0 Å². The predicted molar refractivity (Wildman–Crippen MR) is 65.9 cm³/mol.